The molecule has 1 fully saturated rings. The number of thioether (sulfide) groups is 1. The van der Waals surface area contributed by atoms with Crippen LogP contribution in [0.25, 0.3) is 23.2 Å². The van der Waals surface area contributed by atoms with Crippen molar-refractivity contribution in [2.75, 3.05) is 38.5 Å². The molecule has 1 aromatic heterocycles. The number of nitrogens with zero attached hydrogens (tertiary/aromatic N) is 5. The van der Waals surface area contributed by atoms with E-state index in [-0.39, 0.29) is 5.91 Å². The number of unbranched alkanes of at least 4 members (excludes halogenated alkanes) is 1. The largest absolute Gasteiger partial charge is 0.340 e. The fraction of sp³-hybridized carbons (Fsp3) is 0.303. The van der Waals surface area contributed by atoms with Gasteiger partial charge in [0.15, 0.2) is 11.0 Å². The molecule has 1 aliphatic heterocycles. The Morgan fingerprint density at radius 2 is 1.55 bits per heavy atom. The first-order valence-electron chi connectivity index (χ1n) is 14.1. The maximum Gasteiger partial charge on any atom is 0.222 e. The Balaban J connectivity index is 1.07. The predicted molar refractivity (Wildman–Crippen MR) is 165 cm³/mol. The molecule has 7 heteroatoms. The van der Waals surface area contributed by atoms with E-state index in [4.69, 9.17) is 0 Å². The van der Waals surface area contributed by atoms with Crippen molar-refractivity contribution in [3.8, 4) is 17.1 Å². The average molecular weight is 552 g/mol. The molecule has 0 unspecified atom stereocenters. The van der Waals surface area contributed by atoms with Gasteiger partial charge in [-0.1, -0.05) is 102 Å². The molecule has 0 saturated carbocycles. The topological polar surface area (TPSA) is 54.3 Å². The second kappa shape index (κ2) is 14.1. The van der Waals surface area contributed by atoms with Crippen LogP contribution in [-0.4, -0.2) is 68.9 Å². The molecule has 6 nitrogen and oxygen atoms in total. The lowest BCUT2D eigenvalue weighted by atomic mass is 10.2. The van der Waals surface area contributed by atoms with Crippen LogP contribution in [0.5, 0.6) is 0 Å². The second-order valence-electron chi connectivity index (χ2n) is 10.1. The van der Waals surface area contributed by atoms with Crippen LogP contribution < -0.4 is 0 Å². The molecule has 0 N–H and O–H groups in total. The summed E-state index contributed by atoms with van der Waals surface area (Å²) in [4.78, 5) is 17.3. The van der Waals surface area contributed by atoms with Gasteiger partial charge < -0.3 is 4.90 Å². The standard InChI is InChI=1S/C33H37N5OS/c1-27-17-19-30(20-18-27)38-32(29-14-6-3-7-15-29)34-35-33(38)40-26-9-8-16-31(39)37-24-22-36(23-25-37)21-10-13-28-11-4-2-5-12-28/h2-7,10-15,17-20H,8-9,16,21-26H2,1H3/b13-10+. The first kappa shape index (κ1) is 27.9. The Morgan fingerprint density at radius 3 is 2.27 bits per heavy atom. The Morgan fingerprint density at radius 1 is 0.850 bits per heavy atom. The van der Waals surface area contributed by atoms with Crippen LogP contribution in [0.1, 0.15) is 30.4 Å². The van der Waals surface area contributed by atoms with E-state index in [0.29, 0.717) is 6.42 Å². The third-order valence-corrected chi connectivity index (χ3v) is 8.19. The van der Waals surface area contributed by atoms with Gasteiger partial charge in [-0.2, -0.15) is 0 Å². The van der Waals surface area contributed by atoms with Crippen LogP contribution >= 0.6 is 11.8 Å². The summed E-state index contributed by atoms with van der Waals surface area (Å²) < 4.78 is 2.14. The summed E-state index contributed by atoms with van der Waals surface area (Å²) in [7, 11) is 0. The first-order chi connectivity index (χ1) is 19.7. The molecular weight excluding hydrogens is 514 g/mol. The lowest BCUT2D eigenvalue weighted by molar-refractivity contribution is -0.132. The Hall–Kier alpha value is -3.68. The number of hydrogen-bond acceptors (Lipinski definition) is 5. The van der Waals surface area contributed by atoms with Gasteiger partial charge in [0.05, 0.1) is 0 Å². The molecule has 3 aromatic carbocycles. The zero-order valence-electron chi connectivity index (χ0n) is 23.2. The van der Waals surface area contributed by atoms with E-state index in [9.17, 15) is 4.79 Å². The molecule has 0 bridgehead atoms. The highest BCUT2D eigenvalue weighted by atomic mass is 32.2. The van der Waals surface area contributed by atoms with Crippen molar-refractivity contribution in [2.45, 2.75) is 31.3 Å². The quantitative estimate of drug-likeness (QED) is 0.160. The summed E-state index contributed by atoms with van der Waals surface area (Å²) in [6, 6.07) is 29.0. The zero-order chi connectivity index (χ0) is 27.6. The highest BCUT2D eigenvalue weighted by Crippen LogP contribution is 2.28. The van der Waals surface area contributed by atoms with Gasteiger partial charge in [0.2, 0.25) is 5.91 Å². The van der Waals surface area contributed by atoms with Crippen molar-refractivity contribution in [1.29, 1.82) is 0 Å². The second-order valence-corrected chi connectivity index (χ2v) is 11.2. The fourth-order valence-electron chi connectivity index (χ4n) is 4.85. The summed E-state index contributed by atoms with van der Waals surface area (Å²) in [5.74, 6) is 2.02. The van der Waals surface area contributed by atoms with Crippen LogP contribution in [-0.2, 0) is 4.79 Å². The van der Waals surface area contributed by atoms with Crippen molar-refractivity contribution >= 4 is 23.7 Å². The monoisotopic (exact) mass is 551 g/mol. The molecule has 0 atom stereocenters. The van der Waals surface area contributed by atoms with Crippen molar-refractivity contribution in [1.82, 2.24) is 24.6 Å². The van der Waals surface area contributed by atoms with Gasteiger partial charge in [-0.3, -0.25) is 14.3 Å². The Labute approximate surface area is 241 Å². The maximum atomic E-state index is 12.8. The van der Waals surface area contributed by atoms with Crippen LogP contribution in [0.15, 0.2) is 96.2 Å². The van der Waals surface area contributed by atoms with Gasteiger partial charge in [0.25, 0.3) is 0 Å². The Bertz CT molecular complexity index is 1380. The number of carbonyl (C=O) groups excluding carboxylic acids is 1. The number of benzene rings is 3. The first-order valence-corrected chi connectivity index (χ1v) is 15.1. The highest BCUT2D eigenvalue weighted by Gasteiger charge is 2.20. The van der Waals surface area contributed by atoms with Gasteiger partial charge in [-0.25, -0.2) is 0 Å². The number of aromatic nitrogens is 3. The lowest BCUT2D eigenvalue weighted by Gasteiger charge is -2.34. The number of hydrogen-bond donors (Lipinski definition) is 0. The van der Waals surface area contributed by atoms with Crippen LogP contribution in [0.3, 0.4) is 0 Å². The molecule has 0 radical (unpaired) electrons. The van der Waals surface area contributed by atoms with Crippen molar-refractivity contribution in [2.24, 2.45) is 0 Å². The summed E-state index contributed by atoms with van der Waals surface area (Å²) >= 11 is 1.71. The molecule has 1 aliphatic rings. The van der Waals surface area contributed by atoms with Crippen LogP contribution in [0.4, 0.5) is 0 Å². The average Bonchev–Trinajstić information content (AvgIpc) is 3.42. The van der Waals surface area contributed by atoms with E-state index >= 15 is 0 Å². The number of rotatable bonds is 11. The van der Waals surface area contributed by atoms with E-state index in [0.717, 1.165) is 73.5 Å². The summed E-state index contributed by atoms with van der Waals surface area (Å²) in [5, 5.41) is 9.95. The zero-order valence-corrected chi connectivity index (χ0v) is 24.0. The summed E-state index contributed by atoms with van der Waals surface area (Å²) in [5.41, 5.74) is 4.54. The molecule has 4 aromatic rings. The molecule has 5 rings (SSSR count). The minimum atomic E-state index is 0.277. The molecule has 0 aliphatic carbocycles. The Kier molecular flexibility index (Phi) is 9.82. The van der Waals surface area contributed by atoms with E-state index in [1.54, 1.807) is 11.8 Å². The van der Waals surface area contributed by atoms with Gasteiger partial charge in [-0.15, -0.1) is 10.2 Å². The minimum absolute atomic E-state index is 0.277. The number of amides is 1. The van der Waals surface area contributed by atoms with Gasteiger partial charge in [0.1, 0.15) is 0 Å². The summed E-state index contributed by atoms with van der Waals surface area (Å²) in [6.45, 7) is 6.50. The van der Waals surface area contributed by atoms with Gasteiger partial charge in [0, 0.05) is 56.1 Å². The minimum Gasteiger partial charge on any atom is -0.340 e. The molecule has 0 spiro atoms. The van der Waals surface area contributed by atoms with Crippen molar-refractivity contribution < 1.29 is 4.79 Å². The SMILES string of the molecule is Cc1ccc(-n2c(SCCCCC(=O)N3CCN(C/C=C/c4ccccc4)CC3)nnc2-c2ccccc2)cc1. The number of carbonyl (C=O) groups is 1. The molecule has 206 valence electrons. The molecule has 2 heterocycles. The van der Waals surface area contributed by atoms with E-state index in [1.807, 2.05) is 29.2 Å². The lowest BCUT2D eigenvalue weighted by Crippen LogP contribution is -2.48. The third-order valence-electron chi connectivity index (χ3n) is 7.17. The van der Waals surface area contributed by atoms with Crippen LogP contribution in [0.2, 0.25) is 0 Å². The maximum absolute atomic E-state index is 12.8. The highest BCUT2D eigenvalue weighted by molar-refractivity contribution is 7.99. The molecule has 1 saturated heterocycles. The van der Waals surface area contributed by atoms with Gasteiger partial charge >= 0.3 is 0 Å². The summed E-state index contributed by atoms with van der Waals surface area (Å²) in [6.07, 6.45) is 6.83. The molecular formula is C33H37N5OS. The molecule has 1 amide bonds. The third kappa shape index (κ3) is 7.49. The fourth-order valence-corrected chi connectivity index (χ4v) is 5.80. The number of piperazine rings is 1. The van der Waals surface area contributed by atoms with Gasteiger partial charge in [-0.05, 0) is 37.5 Å². The van der Waals surface area contributed by atoms with E-state index in [2.05, 4.69) is 99.4 Å². The molecule has 40 heavy (non-hydrogen) atoms. The van der Waals surface area contributed by atoms with Crippen LogP contribution in [0, 0.1) is 6.92 Å². The van der Waals surface area contributed by atoms with Crippen molar-refractivity contribution in [3.05, 3.63) is 102 Å². The smallest absolute Gasteiger partial charge is 0.222 e. The van der Waals surface area contributed by atoms with E-state index < -0.39 is 0 Å². The van der Waals surface area contributed by atoms with Crippen molar-refractivity contribution in [3.63, 3.8) is 0 Å². The van der Waals surface area contributed by atoms with E-state index in [1.165, 1.54) is 11.1 Å². The number of aryl methyl sites for hydroxylation is 1. The normalized spacial score (nSPS) is 14.2. The predicted octanol–water partition coefficient (Wildman–Crippen LogP) is 6.36.